The number of unbranched alkanes of at least 4 members (excludes halogenated alkanes) is 2. The largest absolute Gasteiger partial charge is 0.465 e. The van der Waals surface area contributed by atoms with Crippen LogP contribution in [0, 0.1) is 0 Å². The van der Waals surface area contributed by atoms with E-state index in [1.165, 1.54) is 74.7 Å². The van der Waals surface area contributed by atoms with Crippen LogP contribution in [0.1, 0.15) is 94.8 Å². The third-order valence-corrected chi connectivity index (χ3v) is 6.44. The highest BCUT2D eigenvalue weighted by atomic mass is 16.5. The summed E-state index contributed by atoms with van der Waals surface area (Å²) in [5, 5.41) is 0. The Morgan fingerprint density at radius 1 is 0.400 bits per heavy atom. The number of benzene rings is 3. The summed E-state index contributed by atoms with van der Waals surface area (Å²) in [5.41, 5.74) is 2.03. The maximum Gasteiger partial charge on any atom is 0.338 e. The minimum atomic E-state index is -0.554. The fraction of sp³-hybridized carbons (Fsp3) is 0.294. The summed E-state index contributed by atoms with van der Waals surface area (Å²) in [6.07, 6.45) is 1.92. The standard InChI is InChI=1S/C34H34O11/c1-23(35)24-7-9-26(10-8-24)31(37)42-19-3-4-21-44-33(39)28-15-17-29(18-16-28)34(40)45-22-6-5-20-43-32(38)27-13-11-25(12-14-27)30(36)41-2/h7-18H,3-6,19-22H2,1-2H3. The predicted octanol–water partition coefficient (Wildman–Crippen LogP) is 5.26. The minimum Gasteiger partial charge on any atom is -0.465 e. The van der Waals surface area contributed by atoms with Crippen LogP contribution in [0.5, 0.6) is 0 Å². The van der Waals surface area contributed by atoms with Crippen molar-refractivity contribution >= 4 is 35.6 Å². The van der Waals surface area contributed by atoms with Crippen LogP contribution in [0.2, 0.25) is 0 Å². The Bertz CT molecular complexity index is 1470. The molecular formula is C34H34O11. The van der Waals surface area contributed by atoms with E-state index in [9.17, 15) is 28.8 Å². The monoisotopic (exact) mass is 618 g/mol. The Morgan fingerprint density at radius 3 is 0.844 bits per heavy atom. The van der Waals surface area contributed by atoms with Gasteiger partial charge in [0, 0.05) is 5.56 Å². The lowest BCUT2D eigenvalue weighted by atomic mass is 10.1. The molecule has 3 aromatic rings. The summed E-state index contributed by atoms with van der Waals surface area (Å²) >= 11 is 0. The molecule has 0 unspecified atom stereocenters. The van der Waals surface area contributed by atoms with E-state index in [4.69, 9.17) is 18.9 Å². The third-order valence-electron chi connectivity index (χ3n) is 6.44. The Morgan fingerprint density at radius 2 is 0.622 bits per heavy atom. The summed E-state index contributed by atoms with van der Waals surface area (Å²) in [4.78, 5) is 71.5. The van der Waals surface area contributed by atoms with Crippen LogP contribution in [-0.2, 0) is 23.7 Å². The molecule has 3 rings (SSSR count). The molecule has 0 N–H and O–H groups in total. The van der Waals surface area contributed by atoms with Crippen molar-refractivity contribution in [2.75, 3.05) is 33.5 Å². The van der Waals surface area contributed by atoms with Crippen LogP contribution < -0.4 is 0 Å². The van der Waals surface area contributed by atoms with E-state index in [0.717, 1.165) is 0 Å². The molecule has 0 heterocycles. The van der Waals surface area contributed by atoms with Gasteiger partial charge in [0.2, 0.25) is 0 Å². The second-order valence-corrected chi connectivity index (χ2v) is 9.74. The maximum absolute atomic E-state index is 12.3. The average molecular weight is 619 g/mol. The number of carbonyl (C=O) groups is 6. The highest BCUT2D eigenvalue weighted by Crippen LogP contribution is 2.11. The molecular weight excluding hydrogens is 584 g/mol. The van der Waals surface area contributed by atoms with Gasteiger partial charge in [0.25, 0.3) is 0 Å². The van der Waals surface area contributed by atoms with E-state index < -0.39 is 29.8 Å². The zero-order chi connectivity index (χ0) is 32.6. The Balaban J connectivity index is 1.26. The first kappa shape index (κ1) is 34.2. The lowest BCUT2D eigenvalue weighted by Crippen LogP contribution is -2.11. The van der Waals surface area contributed by atoms with E-state index in [1.54, 1.807) is 12.1 Å². The second-order valence-electron chi connectivity index (χ2n) is 9.74. The van der Waals surface area contributed by atoms with Gasteiger partial charge in [-0.3, -0.25) is 4.79 Å². The molecule has 0 aromatic heterocycles. The zero-order valence-corrected chi connectivity index (χ0v) is 25.1. The molecule has 0 saturated heterocycles. The number of esters is 5. The normalized spacial score (nSPS) is 10.4. The number of Topliss-reactive ketones (excluding diaryl/α,β-unsaturated/α-hetero) is 1. The summed E-state index contributed by atoms with van der Waals surface area (Å²) in [6, 6.07) is 18.0. The number of carbonyl (C=O) groups excluding carboxylic acids is 6. The Hall–Kier alpha value is -5.32. The summed E-state index contributed by atoms with van der Waals surface area (Å²) < 4.78 is 25.5. The SMILES string of the molecule is COC(=O)c1ccc(C(=O)OCCCCOC(=O)c2ccc(C(=O)OCCCCOC(=O)c3ccc(C(C)=O)cc3)cc2)cc1. The van der Waals surface area contributed by atoms with Crippen LogP contribution >= 0.6 is 0 Å². The van der Waals surface area contributed by atoms with Crippen LogP contribution in [0.4, 0.5) is 0 Å². The van der Waals surface area contributed by atoms with Crippen molar-refractivity contribution in [2.45, 2.75) is 32.6 Å². The highest BCUT2D eigenvalue weighted by molar-refractivity contribution is 5.96. The minimum absolute atomic E-state index is 0.0888. The molecule has 11 heteroatoms. The van der Waals surface area contributed by atoms with Gasteiger partial charge in [0.1, 0.15) is 0 Å². The molecule has 0 aliphatic heterocycles. The van der Waals surface area contributed by atoms with Gasteiger partial charge >= 0.3 is 29.8 Å². The molecule has 45 heavy (non-hydrogen) atoms. The number of ketones is 1. The molecule has 0 amide bonds. The first-order valence-electron chi connectivity index (χ1n) is 14.3. The fourth-order valence-corrected chi connectivity index (χ4v) is 3.84. The van der Waals surface area contributed by atoms with Crippen molar-refractivity contribution in [3.63, 3.8) is 0 Å². The van der Waals surface area contributed by atoms with E-state index >= 15 is 0 Å². The third kappa shape index (κ3) is 11.0. The fourth-order valence-electron chi connectivity index (χ4n) is 3.84. The molecule has 0 fully saturated rings. The average Bonchev–Trinajstić information content (AvgIpc) is 3.07. The van der Waals surface area contributed by atoms with Crippen LogP contribution in [0.15, 0.2) is 72.8 Å². The van der Waals surface area contributed by atoms with Crippen molar-refractivity contribution in [1.29, 1.82) is 0 Å². The van der Waals surface area contributed by atoms with Gasteiger partial charge in [0.15, 0.2) is 5.78 Å². The molecule has 0 aliphatic carbocycles. The van der Waals surface area contributed by atoms with Crippen LogP contribution in [0.25, 0.3) is 0 Å². The van der Waals surface area contributed by atoms with E-state index in [0.29, 0.717) is 47.9 Å². The van der Waals surface area contributed by atoms with Crippen LogP contribution in [-0.4, -0.2) is 69.2 Å². The molecule has 0 radical (unpaired) electrons. The number of ether oxygens (including phenoxy) is 5. The first-order chi connectivity index (χ1) is 21.7. The number of hydrogen-bond donors (Lipinski definition) is 0. The van der Waals surface area contributed by atoms with Crippen molar-refractivity contribution in [3.05, 3.63) is 106 Å². The Labute approximate surface area is 260 Å². The molecule has 11 nitrogen and oxygen atoms in total. The maximum atomic E-state index is 12.3. The van der Waals surface area contributed by atoms with Gasteiger partial charge in [0.05, 0.1) is 61.4 Å². The van der Waals surface area contributed by atoms with Crippen molar-refractivity contribution in [1.82, 2.24) is 0 Å². The van der Waals surface area contributed by atoms with Crippen molar-refractivity contribution < 1.29 is 52.5 Å². The second kappa shape index (κ2) is 17.7. The molecule has 0 atom stereocenters. The quantitative estimate of drug-likeness (QED) is 0.0895. The highest BCUT2D eigenvalue weighted by Gasteiger charge is 2.13. The van der Waals surface area contributed by atoms with Gasteiger partial charge < -0.3 is 23.7 Å². The summed E-state index contributed by atoms with van der Waals surface area (Å²) in [7, 11) is 1.27. The first-order valence-corrected chi connectivity index (χ1v) is 14.3. The molecule has 3 aromatic carbocycles. The van der Waals surface area contributed by atoms with Crippen molar-refractivity contribution in [3.8, 4) is 0 Å². The van der Waals surface area contributed by atoms with Gasteiger partial charge in [-0.2, -0.15) is 0 Å². The number of methoxy groups -OCH3 is 1. The van der Waals surface area contributed by atoms with Gasteiger partial charge in [-0.1, -0.05) is 12.1 Å². The van der Waals surface area contributed by atoms with E-state index in [1.807, 2.05) is 0 Å². The predicted molar refractivity (Wildman–Crippen MR) is 160 cm³/mol. The Kier molecular flexibility index (Phi) is 13.5. The lowest BCUT2D eigenvalue weighted by Gasteiger charge is -2.08. The zero-order valence-electron chi connectivity index (χ0n) is 25.1. The van der Waals surface area contributed by atoms with Crippen LogP contribution in [0.3, 0.4) is 0 Å². The number of hydrogen-bond acceptors (Lipinski definition) is 11. The van der Waals surface area contributed by atoms with Crippen molar-refractivity contribution in [2.24, 2.45) is 0 Å². The molecule has 0 saturated carbocycles. The van der Waals surface area contributed by atoms with E-state index in [2.05, 4.69) is 4.74 Å². The molecule has 0 aliphatic rings. The summed E-state index contributed by atoms with van der Waals surface area (Å²) in [6.45, 7) is 1.98. The molecule has 0 spiro atoms. The smallest absolute Gasteiger partial charge is 0.338 e. The lowest BCUT2D eigenvalue weighted by molar-refractivity contribution is 0.0429. The van der Waals surface area contributed by atoms with E-state index in [-0.39, 0.29) is 43.3 Å². The number of rotatable bonds is 16. The summed E-state index contributed by atoms with van der Waals surface area (Å²) in [5.74, 6) is -2.72. The van der Waals surface area contributed by atoms with Gasteiger partial charge in [-0.25, -0.2) is 24.0 Å². The van der Waals surface area contributed by atoms with Gasteiger partial charge in [-0.05, 0) is 93.3 Å². The molecule has 0 bridgehead atoms. The molecule has 236 valence electrons. The van der Waals surface area contributed by atoms with Gasteiger partial charge in [-0.15, -0.1) is 0 Å². The topological polar surface area (TPSA) is 149 Å².